The molecule has 0 aliphatic heterocycles. The molecule has 0 aromatic rings. The SMILES string of the molecule is C=CC=C=NC(C)(C)C. The Kier molecular flexibility index (Phi) is 2.97. The van der Waals surface area contributed by atoms with Gasteiger partial charge in [-0.05, 0) is 32.7 Å². The molecule has 0 N–H and O–H groups in total. The molecule has 50 valence electrons. The molecule has 1 nitrogen and oxygen atoms in total. The van der Waals surface area contributed by atoms with Crippen LogP contribution in [0.2, 0.25) is 0 Å². The minimum absolute atomic E-state index is 0.0144. The number of hydrogen-bond donors (Lipinski definition) is 0. The van der Waals surface area contributed by atoms with Gasteiger partial charge in [0.25, 0.3) is 0 Å². The van der Waals surface area contributed by atoms with Crippen molar-refractivity contribution in [3.8, 4) is 0 Å². The second kappa shape index (κ2) is 3.26. The molecular formula is C8H13N. The first kappa shape index (κ1) is 8.19. The van der Waals surface area contributed by atoms with Gasteiger partial charge in [-0.25, -0.2) is 4.99 Å². The second-order valence-electron chi connectivity index (χ2n) is 2.81. The summed E-state index contributed by atoms with van der Waals surface area (Å²) in [5, 5.41) is 0. The minimum atomic E-state index is -0.0144. The summed E-state index contributed by atoms with van der Waals surface area (Å²) in [6.45, 7) is 9.58. The molecule has 0 heterocycles. The number of hydrogen-bond acceptors (Lipinski definition) is 1. The Morgan fingerprint density at radius 2 is 2.00 bits per heavy atom. The maximum atomic E-state index is 4.07. The largest absolute Gasteiger partial charge is 0.237 e. The summed E-state index contributed by atoms with van der Waals surface area (Å²) >= 11 is 0. The molecule has 0 unspecified atom stereocenters. The van der Waals surface area contributed by atoms with Crippen molar-refractivity contribution in [2.45, 2.75) is 26.3 Å². The van der Waals surface area contributed by atoms with Gasteiger partial charge in [-0.2, -0.15) is 0 Å². The van der Waals surface area contributed by atoms with E-state index in [4.69, 9.17) is 0 Å². The van der Waals surface area contributed by atoms with Gasteiger partial charge in [0.05, 0.1) is 5.54 Å². The number of nitrogens with zero attached hydrogens (tertiary/aromatic N) is 1. The van der Waals surface area contributed by atoms with E-state index in [-0.39, 0.29) is 5.54 Å². The summed E-state index contributed by atoms with van der Waals surface area (Å²) in [5.41, 5.74) is -0.0144. The predicted molar refractivity (Wildman–Crippen MR) is 42.0 cm³/mol. The molecule has 9 heavy (non-hydrogen) atoms. The van der Waals surface area contributed by atoms with Crippen LogP contribution in [0.5, 0.6) is 0 Å². The van der Waals surface area contributed by atoms with Gasteiger partial charge in [-0.15, -0.1) is 0 Å². The van der Waals surface area contributed by atoms with E-state index in [1.165, 1.54) is 0 Å². The van der Waals surface area contributed by atoms with Crippen molar-refractivity contribution in [2.75, 3.05) is 0 Å². The number of rotatable bonds is 1. The molecule has 1 heteroatoms. The summed E-state index contributed by atoms with van der Waals surface area (Å²) in [5.74, 6) is 2.76. The Hall–Kier alpha value is -0.810. The van der Waals surface area contributed by atoms with Crippen molar-refractivity contribution in [3.05, 3.63) is 18.7 Å². The number of aliphatic imine (C=N–C) groups is 1. The molecule has 0 fully saturated rings. The lowest BCUT2D eigenvalue weighted by atomic mass is 10.1. The third-order valence-corrected chi connectivity index (χ3v) is 0.592. The van der Waals surface area contributed by atoms with Crippen LogP contribution in [-0.4, -0.2) is 11.4 Å². The van der Waals surface area contributed by atoms with Crippen molar-refractivity contribution >= 4 is 5.87 Å². The first-order chi connectivity index (χ1) is 4.06. The van der Waals surface area contributed by atoms with Gasteiger partial charge in [0, 0.05) is 0 Å². The maximum Gasteiger partial charge on any atom is 0.0618 e. The topological polar surface area (TPSA) is 12.4 Å². The van der Waals surface area contributed by atoms with Crippen molar-refractivity contribution in [1.82, 2.24) is 0 Å². The lowest BCUT2D eigenvalue weighted by Gasteiger charge is -2.07. The first-order valence-corrected chi connectivity index (χ1v) is 2.98. The van der Waals surface area contributed by atoms with E-state index in [1.54, 1.807) is 12.2 Å². The zero-order valence-corrected chi connectivity index (χ0v) is 6.31. The first-order valence-electron chi connectivity index (χ1n) is 2.98. The molecule has 0 aromatic carbocycles. The van der Waals surface area contributed by atoms with Gasteiger partial charge in [0.1, 0.15) is 0 Å². The monoisotopic (exact) mass is 123 g/mol. The van der Waals surface area contributed by atoms with E-state index in [2.05, 4.69) is 17.4 Å². The normalized spacial score (nSPS) is 9.67. The zero-order chi connectivity index (χ0) is 7.33. The van der Waals surface area contributed by atoms with Crippen molar-refractivity contribution < 1.29 is 0 Å². The lowest BCUT2D eigenvalue weighted by molar-refractivity contribution is 0.588. The lowest BCUT2D eigenvalue weighted by Crippen LogP contribution is -2.07. The van der Waals surface area contributed by atoms with Crippen molar-refractivity contribution in [3.63, 3.8) is 0 Å². The highest BCUT2D eigenvalue weighted by molar-refractivity contribution is 5.54. The fourth-order valence-electron chi connectivity index (χ4n) is 0.284. The molecule has 0 aliphatic rings. The Bertz CT molecular complexity index is 142. The van der Waals surface area contributed by atoms with Crippen LogP contribution in [0.3, 0.4) is 0 Å². The number of allylic oxidation sites excluding steroid dienone is 2. The predicted octanol–water partition coefficient (Wildman–Crippen LogP) is 2.20. The van der Waals surface area contributed by atoms with Gasteiger partial charge in [-0.1, -0.05) is 12.7 Å². The molecule has 0 aromatic heterocycles. The fraction of sp³-hybridized carbons (Fsp3) is 0.500. The van der Waals surface area contributed by atoms with Crippen molar-refractivity contribution in [1.29, 1.82) is 0 Å². The molecule has 0 radical (unpaired) electrons. The van der Waals surface area contributed by atoms with Crippen LogP contribution in [0.25, 0.3) is 0 Å². The van der Waals surface area contributed by atoms with Crippen LogP contribution in [0, 0.1) is 0 Å². The molecule has 0 aliphatic carbocycles. The second-order valence-corrected chi connectivity index (χ2v) is 2.81. The summed E-state index contributed by atoms with van der Waals surface area (Å²) < 4.78 is 0. The van der Waals surface area contributed by atoms with Crippen LogP contribution < -0.4 is 0 Å². The Labute approximate surface area is 56.8 Å². The van der Waals surface area contributed by atoms with E-state index in [0.29, 0.717) is 0 Å². The molecule has 0 rings (SSSR count). The maximum absolute atomic E-state index is 4.07. The summed E-state index contributed by atoms with van der Waals surface area (Å²) in [6, 6.07) is 0. The minimum Gasteiger partial charge on any atom is -0.237 e. The smallest absolute Gasteiger partial charge is 0.0618 e. The zero-order valence-electron chi connectivity index (χ0n) is 6.31. The van der Waals surface area contributed by atoms with Gasteiger partial charge in [0.15, 0.2) is 0 Å². The van der Waals surface area contributed by atoms with E-state index >= 15 is 0 Å². The third kappa shape index (κ3) is 7.19. The Morgan fingerprint density at radius 3 is 2.33 bits per heavy atom. The summed E-state index contributed by atoms with van der Waals surface area (Å²) in [6.07, 6.45) is 3.36. The van der Waals surface area contributed by atoms with E-state index in [0.717, 1.165) is 0 Å². The highest BCUT2D eigenvalue weighted by Gasteiger charge is 2.03. The van der Waals surface area contributed by atoms with Crippen LogP contribution in [0.4, 0.5) is 0 Å². The van der Waals surface area contributed by atoms with E-state index in [9.17, 15) is 0 Å². The highest BCUT2D eigenvalue weighted by atomic mass is 14.8. The van der Waals surface area contributed by atoms with Crippen LogP contribution in [0.15, 0.2) is 23.7 Å². The van der Waals surface area contributed by atoms with E-state index in [1.807, 2.05) is 20.8 Å². The van der Waals surface area contributed by atoms with Crippen LogP contribution in [0.1, 0.15) is 20.8 Å². The highest BCUT2D eigenvalue weighted by Crippen LogP contribution is 2.03. The standard InChI is InChI=1S/C8H13N/c1-5-6-7-9-8(2,3)4/h5-6H,1H2,2-4H3. The molecule has 0 atom stereocenters. The Balaban J connectivity index is 3.99. The molecule has 0 saturated carbocycles. The Morgan fingerprint density at radius 1 is 1.44 bits per heavy atom. The summed E-state index contributed by atoms with van der Waals surface area (Å²) in [4.78, 5) is 4.07. The van der Waals surface area contributed by atoms with Crippen molar-refractivity contribution in [2.24, 2.45) is 4.99 Å². The third-order valence-electron chi connectivity index (χ3n) is 0.592. The van der Waals surface area contributed by atoms with Crippen LogP contribution >= 0.6 is 0 Å². The summed E-state index contributed by atoms with van der Waals surface area (Å²) in [7, 11) is 0. The van der Waals surface area contributed by atoms with Gasteiger partial charge in [0.2, 0.25) is 0 Å². The molecule has 0 bridgehead atoms. The van der Waals surface area contributed by atoms with Gasteiger partial charge in [-0.3, -0.25) is 0 Å². The molecule has 0 saturated heterocycles. The van der Waals surface area contributed by atoms with E-state index < -0.39 is 0 Å². The fourth-order valence-corrected chi connectivity index (χ4v) is 0.284. The molecular weight excluding hydrogens is 110 g/mol. The molecule has 0 spiro atoms. The van der Waals surface area contributed by atoms with Crippen LogP contribution in [-0.2, 0) is 0 Å². The van der Waals surface area contributed by atoms with Gasteiger partial charge >= 0.3 is 0 Å². The average molecular weight is 123 g/mol. The quantitative estimate of drug-likeness (QED) is 0.374. The van der Waals surface area contributed by atoms with Gasteiger partial charge < -0.3 is 0 Å². The molecule has 0 amide bonds. The average Bonchev–Trinajstić information content (AvgIpc) is 1.63.